The van der Waals surface area contributed by atoms with Crippen LogP contribution in [0.5, 0.6) is 0 Å². The number of piperidine rings is 1. The Morgan fingerprint density at radius 1 is 0.966 bits per heavy atom. The van der Waals surface area contributed by atoms with E-state index in [9.17, 15) is 22.8 Å². The quantitative estimate of drug-likeness (QED) is 0.452. The lowest BCUT2D eigenvalue weighted by Gasteiger charge is -2.25. The minimum absolute atomic E-state index is 0.0737. The highest BCUT2D eigenvalue weighted by Gasteiger charge is 2.25. The molecule has 0 aliphatic carbocycles. The fourth-order valence-corrected chi connectivity index (χ4v) is 4.43. The molecule has 0 bridgehead atoms. The summed E-state index contributed by atoms with van der Waals surface area (Å²) in [6.45, 7) is 4.52. The van der Waals surface area contributed by atoms with Gasteiger partial charge in [-0.05, 0) is 50.8 Å². The van der Waals surface area contributed by atoms with Crippen molar-refractivity contribution in [3.05, 3.63) is 29.8 Å². The average molecular weight is 425 g/mol. The SMILES string of the molecule is CC(C)NC(=O)C(=O)NNC(=O)CCc1ccc(S(=O)(=O)N2CCCCC2)cc1. The molecule has 10 heteroatoms. The lowest BCUT2D eigenvalue weighted by atomic mass is 10.1. The number of carbonyl (C=O) groups is 3. The van der Waals surface area contributed by atoms with Crippen LogP contribution >= 0.6 is 0 Å². The van der Waals surface area contributed by atoms with E-state index in [2.05, 4.69) is 16.2 Å². The van der Waals surface area contributed by atoms with E-state index in [0.717, 1.165) is 24.8 Å². The third-order valence-electron chi connectivity index (χ3n) is 4.46. The van der Waals surface area contributed by atoms with E-state index in [1.54, 1.807) is 38.1 Å². The van der Waals surface area contributed by atoms with Crippen LogP contribution in [0.3, 0.4) is 0 Å². The number of hydrazine groups is 1. The Hall–Kier alpha value is -2.46. The van der Waals surface area contributed by atoms with Crippen molar-refractivity contribution in [2.75, 3.05) is 13.1 Å². The van der Waals surface area contributed by atoms with Gasteiger partial charge in [0, 0.05) is 25.6 Å². The number of sulfonamides is 1. The van der Waals surface area contributed by atoms with Crippen molar-refractivity contribution >= 4 is 27.7 Å². The number of carbonyl (C=O) groups excluding carboxylic acids is 3. The minimum atomic E-state index is -3.48. The number of hydrogen-bond acceptors (Lipinski definition) is 5. The first-order valence-corrected chi connectivity index (χ1v) is 11.1. The van der Waals surface area contributed by atoms with Gasteiger partial charge < -0.3 is 5.32 Å². The molecule has 0 spiro atoms. The maximum Gasteiger partial charge on any atom is 0.327 e. The summed E-state index contributed by atoms with van der Waals surface area (Å²) in [5.41, 5.74) is 5.03. The van der Waals surface area contributed by atoms with Crippen molar-refractivity contribution < 1.29 is 22.8 Å². The predicted molar refractivity (Wildman–Crippen MR) is 107 cm³/mol. The van der Waals surface area contributed by atoms with Crippen LogP contribution < -0.4 is 16.2 Å². The van der Waals surface area contributed by atoms with Crippen molar-refractivity contribution in [1.29, 1.82) is 0 Å². The summed E-state index contributed by atoms with van der Waals surface area (Å²) in [5, 5.41) is 2.41. The topological polar surface area (TPSA) is 125 Å². The zero-order valence-electron chi connectivity index (χ0n) is 16.7. The van der Waals surface area contributed by atoms with Gasteiger partial charge in [-0.3, -0.25) is 25.2 Å². The second-order valence-electron chi connectivity index (χ2n) is 7.24. The Kier molecular flexibility index (Phi) is 8.15. The standard InChI is InChI=1S/C19H28N4O5S/c1-14(2)20-18(25)19(26)22-21-17(24)11-8-15-6-9-16(10-7-15)29(27,28)23-12-4-3-5-13-23/h6-7,9-10,14H,3-5,8,11-13H2,1-2H3,(H,20,25)(H,21,24)(H,22,26). The summed E-state index contributed by atoms with van der Waals surface area (Å²) in [5.74, 6) is -2.23. The van der Waals surface area contributed by atoms with Gasteiger partial charge in [0.2, 0.25) is 15.9 Å². The fourth-order valence-electron chi connectivity index (χ4n) is 2.91. The highest BCUT2D eigenvalue weighted by Crippen LogP contribution is 2.21. The predicted octanol–water partition coefficient (Wildman–Crippen LogP) is 0.466. The second-order valence-corrected chi connectivity index (χ2v) is 9.18. The van der Waals surface area contributed by atoms with E-state index in [4.69, 9.17) is 0 Å². The number of rotatable bonds is 6. The fraction of sp³-hybridized carbons (Fsp3) is 0.526. The Morgan fingerprint density at radius 2 is 1.59 bits per heavy atom. The van der Waals surface area contributed by atoms with E-state index in [-0.39, 0.29) is 17.4 Å². The molecule has 0 aromatic heterocycles. The van der Waals surface area contributed by atoms with Gasteiger partial charge in [0.25, 0.3) is 0 Å². The maximum absolute atomic E-state index is 12.6. The maximum atomic E-state index is 12.6. The summed E-state index contributed by atoms with van der Waals surface area (Å²) < 4.78 is 26.8. The number of nitrogens with zero attached hydrogens (tertiary/aromatic N) is 1. The van der Waals surface area contributed by atoms with E-state index < -0.39 is 27.7 Å². The van der Waals surface area contributed by atoms with Gasteiger partial charge in [-0.2, -0.15) is 4.31 Å². The molecule has 1 aliphatic heterocycles. The molecule has 3 N–H and O–H groups in total. The monoisotopic (exact) mass is 424 g/mol. The second kappa shape index (κ2) is 10.4. The third-order valence-corrected chi connectivity index (χ3v) is 6.37. The molecule has 160 valence electrons. The largest absolute Gasteiger partial charge is 0.346 e. The number of aryl methyl sites for hydroxylation is 1. The van der Waals surface area contributed by atoms with E-state index in [1.165, 1.54) is 4.31 Å². The van der Waals surface area contributed by atoms with Crippen molar-refractivity contribution in [2.45, 2.75) is 56.9 Å². The van der Waals surface area contributed by atoms with Gasteiger partial charge in [0.05, 0.1) is 4.90 Å². The molecule has 1 heterocycles. The molecule has 1 fully saturated rings. The highest BCUT2D eigenvalue weighted by molar-refractivity contribution is 7.89. The smallest absolute Gasteiger partial charge is 0.327 e. The first-order chi connectivity index (χ1) is 13.7. The number of hydrogen-bond donors (Lipinski definition) is 3. The Morgan fingerprint density at radius 3 is 2.17 bits per heavy atom. The molecule has 1 aliphatic rings. The summed E-state index contributed by atoms with van der Waals surface area (Å²) >= 11 is 0. The zero-order valence-corrected chi connectivity index (χ0v) is 17.5. The minimum Gasteiger partial charge on any atom is -0.346 e. The molecule has 29 heavy (non-hydrogen) atoms. The summed E-state index contributed by atoms with van der Waals surface area (Å²) in [6.07, 6.45) is 3.24. The van der Waals surface area contributed by atoms with Gasteiger partial charge in [-0.25, -0.2) is 8.42 Å². The normalized spacial score (nSPS) is 15.0. The molecular formula is C19H28N4O5S. The average Bonchev–Trinajstić information content (AvgIpc) is 2.70. The van der Waals surface area contributed by atoms with E-state index in [0.29, 0.717) is 19.5 Å². The molecule has 1 aromatic carbocycles. The van der Waals surface area contributed by atoms with E-state index in [1.807, 2.05) is 0 Å². The van der Waals surface area contributed by atoms with Crippen LogP contribution in [0.2, 0.25) is 0 Å². The van der Waals surface area contributed by atoms with Crippen molar-refractivity contribution in [1.82, 2.24) is 20.5 Å². The summed E-state index contributed by atoms with van der Waals surface area (Å²) in [6, 6.07) is 6.27. The van der Waals surface area contributed by atoms with Crippen LogP contribution in [-0.2, 0) is 30.8 Å². The van der Waals surface area contributed by atoms with Gasteiger partial charge in [-0.15, -0.1) is 0 Å². The van der Waals surface area contributed by atoms with Crippen molar-refractivity contribution in [3.63, 3.8) is 0 Å². The van der Waals surface area contributed by atoms with Crippen molar-refractivity contribution in [3.8, 4) is 0 Å². The first kappa shape index (κ1) is 22.8. The molecule has 2 rings (SSSR count). The third kappa shape index (κ3) is 6.82. The van der Waals surface area contributed by atoms with Gasteiger partial charge in [-0.1, -0.05) is 18.6 Å². The number of amides is 3. The van der Waals surface area contributed by atoms with Crippen LogP contribution in [0.25, 0.3) is 0 Å². The molecule has 1 saturated heterocycles. The van der Waals surface area contributed by atoms with Crippen LogP contribution in [0.4, 0.5) is 0 Å². The molecular weight excluding hydrogens is 396 g/mol. The molecule has 1 aromatic rings. The molecule has 0 saturated carbocycles. The molecule has 0 radical (unpaired) electrons. The lowest BCUT2D eigenvalue weighted by Crippen LogP contribution is -2.49. The molecule has 3 amide bonds. The number of benzene rings is 1. The lowest BCUT2D eigenvalue weighted by molar-refractivity contribution is -0.141. The summed E-state index contributed by atoms with van der Waals surface area (Å²) in [4.78, 5) is 35.1. The Bertz CT molecular complexity index is 831. The van der Waals surface area contributed by atoms with Gasteiger partial charge >= 0.3 is 11.8 Å². The molecule has 0 unspecified atom stereocenters. The molecule has 9 nitrogen and oxygen atoms in total. The van der Waals surface area contributed by atoms with E-state index >= 15 is 0 Å². The van der Waals surface area contributed by atoms with Crippen LogP contribution in [0.1, 0.15) is 45.1 Å². The Labute approximate surface area is 171 Å². The van der Waals surface area contributed by atoms with Crippen LogP contribution in [0, 0.1) is 0 Å². The highest BCUT2D eigenvalue weighted by atomic mass is 32.2. The Balaban J connectivity index is 1.81. The first-order valence-electron chi connectivity index (χ1n) is 9.69. The molecule has 0 atom stereocenters. The van der Waals surface area contributed by atoms with Crippen LogP contribution in [0.15, 0.2) is 29.2 Å². The van der Waals surface area contributed by atoms with Crippen LogP contribution in [-0.4, -0.2) is 49.6 Å². The zero-order chi connectivity index (χ0) is 21.4. The number of nitrogens with one attached hydrogen (secondary N) is 3. The van der Waals surface area contributed by atoms with Gasteiger partial charge in [0.1, 0.15) is 0 Å². The summed E-state index contributed by atoms with van der Waals surface area (Å²) in [7, 11) is -3.48. The van der Waals surface area contributed by atoms with Gasteiger partial charge in [0.15, 0.2) is 0 Å². The van der Waals surface area contributed by atoms with Crippen molar-refractivity contribution in [2.24, 2.45) is 0 Å².